The minimum absolute atomic E-state index is 0.120. The van der Waals surface area contributed by atoms with E-state index >= 15 is 0 Å². The molecule has 0 radical (unpaired) electrons. The van der Waals surface area contributed by atoms with Crippen LogP contribution in [0.15, 0.2) is 60.4 Å². The van der Waals surface area contributed by atoms with Gasteiger partial charge in [-0.1, -0.05) is 29.8 Å². The number of hydrogen-bond acceptors (Lipinski definition) is 6. The Morgan fingerprint density at radius 2 is 1.94 bits per heavy atom. The van der Waals surface area contributed by atoms with E-state index in [0.717, 1.165) is 5.56 Å². The second kappa shape index (κ2) is 8.15. The van der Waals surface area contributed by atoms with Crippen LogP contribution in [0.25, 0.3) is 6.08 Å². The SMILES string of the molecule is Cc1cc(OC(=O)c2ccccc2)cc2c1C(=O)/C(=C/c1cc(Cl)cc3c1OCOC3)O2. The largest absolute Gasteiger partial charge is 0.467 e. The van der Waals surface area contributed by atoms with Crippen LogP contribution in [0.5, 0.6) is 17.2 Å². The van der Waals surface area contributed by atoms with Crippen LogP contribution in [0.4, 0.5) is 0 Å². The lowest BCUT2D eigenvalue weighted by atomic mass is 10.0. The molecule has 0 saturated carbocycles. The number of allylic oxidation sites excluding steroid dienone is 1. The number of benzene rings is 3. The molecule has 0 unspecified atom stereocenters. The molecule has 0 aromatic heterocycles. The fraction of sp³-hybridized carbons (Fsp3) is 0.120. The molecule has 32 heavy (non-hydrogen) atoms. The van der Waals surface area contributed by atoms with Gasteiger partial charge < -0.3 is 18.9 Å². The number of aryl methyl sites for hydroxylation is 1. The summed E-state index contributed by atoms with van der Waals surface area (Å²) in [6.07, 6.45) is 1.60. The zero-order chi connectivity index (χ0) is 22.2. The normalized spacial score (nSPS) is 15.6. The van der Waals surface area contributed by atoms with E-state index in [-0.39, 0.29) is 18.3 Å². The molecule has 3 aromatic rings. The number of ketones is 1. The number of rotatable bonds is 3. The predicted molar refractivity (Wildman–Crippen MR) is 117 cm³/mol. The highest BCUT2D eigenvalue weighted by atomic mass is 35.5. The fourth-order valence-electron chi connectivity index (χ4n) is 3.73. The Labute approximate surface area is 188 Å². The molecule has 2 aliphatic rings. The van der Waals surface area contributed by atoms with Crippen LogP contribution >= 0.6 is 11.6 Å². The van der Waals surface area contributed by atoms with Crippen molar-refractivity contribution in [1.82, 2.24) is 0 Å². The molecular formula is C25H17ClO6. The highest BCUT2D eigenvalue weighted by Crippen LogP contribution is 2.39. The van der Waals surface area contributed by atoms with Crippen molar-refractivity contribution in [2.24, 2.45) is 0 Å². The number of Topliss-reactive ketones (excluding diaryl/α,β-unsaturated/α-hetero) is 1. The summed E-state index contributed by atoms with van der Waals surface area (Å²) in [6.45, 7) is 2.26. The van der Waals surface area contributed by atoms with E-state index in [4.69, 9.17) is 30.5 Å². The first-order valence-electron chi connectivity index (χ1n) is 9.88. The standard InChI is InChI=1S/C25H17ClO6/c1-14-7-19(31-25(28)15-5-3-2-4-6-15)11-20-22(14)23(27)21(32-20)10-16-8-18(26)9-17-12-29-13-30-24(16)17/h2-11H,12-13H2,1H3/b21-10-. The third-order valence-corrected chi connectivity index (χ3v) is 5.37. The number of hydrogen-bond donors (Lipinski definition) is 0. The molecule has 0 N–H and O–H groups in total. The number of fused-ring (bicyclic) bond motifs is 2. The van der Waals surface area contributed by atoms with Crippen LogP contribution in [0.1, 0.15) is 37.4 Å². The van der Waals surface area contributed by atoms with E-state index in [1.807, 2.05) is 6.07 Å². The topological polar surface area (TPSA) is 71.1 Å². The van der Waals surface area contributed by atoms with E-state index in [1.54, 1.807) is 61.5 Å². The molecule has 6 nitrogen and oxygen atoms in total. The molecule has 160 valence electrons. The van der Waals surface area contributed by atoms with Crippen molar-refractivity contribution in [2.75, 3.05) is 6.79 Å². The van der Waals surface area contributed by atoms with Crippen LogP contribution in [0.3, 0.4) is 0 Å². The molecule has 3 aromatic carbocycles. The Kier molecular flexibility index (Phi) is 5.17. The Morgan fingerprint density at radius 1 is 1.12 bits per heavy atom. The Balaban J connectivity index is 1.46. The van der Waals surface area contributed by atoms with Gasteiger partial charge in [0.05, 0.1) is 17.7 Å². The van der Waals surface area contributed by atoms with Gasteiger partial charge >= 0.3 is 5.97 Å². The molecule has 0 fully saturated rings. The molecule has 0 aliphatic carbocycles. The molecule has 7 heteroatoms. The van der Waals surface area contributed by atoms with Crippen molar-refractivity contribution in [3.05, 3.63) is 93.2 Å². The van der Waals surface area contributed by atoms with Gasteiger partial charge in [0, 0.05) is 22.2 Å². The maximum absolute atomic E-state index is 13.0. The Bertz CT molecular complexity index is 1280. The van der Waals surface area contributed by atoms with E-state index in [1.165, 1.54) is 0 Å². The predicted octanol–water partition coefficient (Wildman–Crippen LogP) is 5.35. The number of carbonyl (C=O) groups is 2. The number of esters is 1. The van der Waals surface area contributed by atoms with Gasteiger partial charge in [0.25, 0.3) is 0 Å². The summed E-state index contributed by atoms with van der Waals surface area (Å²) in [5.41, 5.74) is 2.92. The summed E-state index contributed by atoms with van der Waals surface area (Å²) in [7, 11) is 0. The molecule has 2 aliphatic heterocycles. The van der Waals surface area contributed by atoms with Crippen LogP contribution in [-0.2, 0) is 11.3 Å². The van der Waals surface area contributed by atoms with Crippen molar-refractivity contribution in [3.8, 4) is 17.2 Å². The molecule has 0 amide bonds. The smallest absolute Gasteiger partial charge is 0.343 e. The van der Waals surface area contributed by atoms with Crippen molar-refractivity contribution >= 4 is 29.4 Å². The molecule has 0 atom stereocenters. The number of halogens is 1. The van der Waals surface area contributed by atoms with Gasteiger partial charge in [-0.15, -0.1) is 0 Å². The Hall–Kier alpha value is -3.61. The summed E-state index contributed by atoms with van der Waals surface area (Å²) < 4.78 is 22.2. The average molecular weight is 449 g/mol. The average Bonchev–Trinajstić information content (AvgIpc) is 3.09. The summed E-state index contributed by atoms with van der Waals surface area (Å²) >= 11 is 6.22. The van der Waals surface area contributed by atoms with Gasteiger partial charge in [0.1, 0.15) is 17.2 Å². The van der Waals surface area contributed by atoms with E-state index in [2.05, 4.69) is 0 Å². The van der Waals surface area contributed by atoms with Gasteiger partial charge in [0.2, 0.25) is 5.78 Å². The van der Waals surface area contributed by atoms with Gasteiger partial charge in [-0.2, -0.15) is 0 Å². The number of carbonyl (C=O) groups excluding carboxylic acids is 2. The van der Waals surface area contributed by atoms with Crippen LogP contribution in [0.2, 0.25) is 5.02 Å². The van der Waals surface area contributed by atoms with Crippen molar-refractivity contribution in [3.63, 3.8) is 0 Å². The zero-order valence-electron chi connectivity index (χ0n) is 17.0. The van der Waals surface area contributed by atoms with Crippen molar-refractivity contribution < 1.29 is 28.5 Å². The summed E-state index contributed by atoms with van der Waals surface area (Å²) in [5.74, 6) is 0.611. The summed E-state index contributed by atoms with van der Waals surface area (Å²) in [5, 5.41) is 0.499. The molecule has 0 saturated heterocycles. The number of ether oxygens (including phenoxy) is 4. The van der Waals surface area contributed by atoms with E-state index in [0.29, 0.717) is 51.1 Å². The maximum Gasteiger partial charge on any atom is 0.343 e. The monoisotopic (exact) mass is 448 g/mol. The zero-order valence-corrected chi connectivity index (χ0v) is 17.8. The molecular weight excluding hydrogens is 432 g/mol. The first kappa shape index (κ1) is 20.3. The summed E-state index contributed by atoms with van der Waals surface area (Å²) in [4.78, 5) is 25.4. The lowest BCUT2D eigenvalue weighted by Gasteiger charge is -2.20. The maximum atomic E-state index is 13.0. The second-order valence-electron chi connectivity index (χ2n) is 7.40. The van der Waals surface area contributed by atoms with Crippen LogP contribution in [0, 0.1) is 6.92 Å². The minimum Gasteiger partial charge on any atom is -0.467 e. The second-order valence-corrected chi connectivity index (χ2v) is 7.84. The third kappa shape index (κ3) is 3.75. The van der Waals surface area contributed by atoms with Crippen LogP contribution < -0.4 is 14.2 Å². The minimum atomic E-state index is -0.491. The summed E-state index contributed by atoms with van der Waals surface area (Å²) in [6, 6.07) is 15.3. The highest BCUT2D eigenvalue weighted by molar-refractivity contribution is 6.31. The highest BCUT2D eigenvalue weighted by Gasteiger charge is 2.31. The van der Waals surface area contributed by atoms with Crippen molar-refractivity contribution in [2.45, 2.75) is 13.5 Å². The lowest BCUT2D eigenvalue weighted by molar-refractivity contribution is -0.0165. The lowest BCUT2D eigenvalue weighted by Crippen LogP contribution is -2.12. The quantitative estimate of drug-likeness (QED) is 0.305. The molecule has 0 spiro atoms. The Morgan fingerprint density at radius 3 is 2.75 bits per heavy atom. The molecule has 5 rings (SSSR count). The van der Waals surface area contributed by atoms with Crippen LogP contribution in [-0.4, -0.2) is 18.5 Å². The van der Waals surface area contributed by atoms with Crippen molar-refractivity contribution in [1.29, 1.82) is 0 Å². The van der Waals surface area contributed by atoms with E-state index in [9.17, 15) is 9.59 Å². The molecule has 2 heterocycles. The van der Waals surface area contributed by atoms with E-state index < -0.39 is 5.97 Å². The molecule has 0 bridgehead atoms. The van der Waals surface area contributed by atoms with Gasteiger partial charge in [-0.25, -0.2) is 4.79 Å². The third-order valence-electron chi connectivity index (χ3n) is 5.15. The van der Waals surface area contributed by atoms with Gasteiger partial charge in [0.15, 0.2) is 12.6 Å². The van der Waals surface area contributed by atoms with Gasteiger partial charge in [-0.05, 0) is 48.9 Å². The van der Waals surface area contributed by atoms with Gasteiger partial charge in [-0.3, -0.25) is 4.79 Å². The first-order valence-corrected chi connectivity index (χ1v) is 10.3. The fourth-order valence-corrected chi connectivity index (χ4v) is 3.98. The first-order chi connectivity index (χ1) is 15.5.